The lowest BCUT2D eigenvalue weighted by Crippen LogP contribution is -2.58. The van der Waals surface area contributed by atoms with Crippen molar-refractivity contribution in [3.8, 4) is 17.0 Å². The van der Waals surface area contributed by atoms with Crippen molar-refractivity contribution in [2.24, 2.45) is 5.92 Å². The van der Waals surface area contributed by atoms with E-state index < -0.39 is 30.9 Å². The van der Waals surface area contributed by atoms with Crippen LogP contribution in [-0.4, -0.2) is 46.2 Å². The molecule has 2 aromatic carbocycles. The summed E-state index contributed by atoms with van der Waals surface area (Å²) in [4.78, 5) is 23.5. The van der Waals surface area contributed by atoms with Crippen LogP contribution in [0.15, 0.2) is 54.9 Å². The highest BCUT2D eigenvalue weighted by atomic mass is 19.4. The topological polar surface area (TPSA) is 55.3 Å². The fourth-order valence-corrected chi connectivity index (χ4v) is 4.00. The Balaban J connectivity index is 1.83. The summed E-state index contributed by atoms with van der Waals surface area (Å²) in [6.07, 6.45) is -4.16. The standard InChI is InChI=1S/C25H22F4N3O2/c1-15-22(31-12-11-30-15)19-9-6-10-20(21(19)24(33)32-14-18(13-26)16(32)2)34-23(25(27,28)29)17-7-4-3-5-8-17/h3-9,11-12,16,18,23H,13-14H2,1-2H3/t16-,18-,23?/m0/s1. The average Bonchev–Trinajstić information content (AvgIpc) is 2.81. The monoisotopic (exact) mass is 472 g/mol. The Morgan fingerprint density at radius 3 is 2.53 bits per heavy atom. The van der Waals surface area contributed by atoms with E-state index in [1.807, 2.05) is 0 Å². The summed E-state index contributed by atoms with van der Waals surface area (Å²) < 4.78 is 60.7. The Kier molecular flexibility index (Phi) is 6.54. The van der Waals surface area contributed by atoms with Gasteiger partial charge in [-0.3, -0.25) is 19.2 Å². The van der Waals surface area contributed by atoms with Gasteiger partial charge in [-0.15, -0.1) is 0 Å². The van der Waals surface area contributed by atoms with Crippen molar-refractivity contribution in [2.75, 3.05) is 13.2 Å². The molecule has 0 aliphatic carbocycles. The molecule has 1 saturated heterocycles. The van der Waals surface area contributed by atoms with Crippen LogP contribution in [-0.2, 0) is 0 Å². The van der Waals surface area contributed by atoms with Crippen molar-refractivity contribution in [1.82, 2.24) is 14.9 Å². The van der Waals surface area contributed by atoms with Gasteiger partial charge in [0, 0.05) is 48.1 Å². The lowest BCUT2D eigenvalue weighted by atomic mass is 9.89. The van der Waals surface area contributed by atoms with Crippen molar-refractivity contribution in [2.45, 2.75) is 32.2 Å². The van der Waals surface area contributed by atoms with E-state index in [9.17, 15) is 22.4 Å². The van der Waals surface area contributed by atoms with Gasteiger partial charge < -0.3 is 9.64 Å². The van der Waals surface area contributed by atoms with Gasteiger partial charge >= 0.3 is 6.18 Å². The third-order valence-electron chi connectivity index (χ3n) is 6.01. The number of ether oxygens (including phenoxy) is 1. The van der Waals surface area contributed by atoms with Crippen LogP contribution in [0.5, 0.6) is 5.75 Å². The zero-order chi connectivity index (χ0) is 24.5. The maximum atomic E-state index is 14.0. The smallest absolute Gasteiger partial charge is 0.429 e. The SMILES string of the molecule is Cc1nccnc1-c1cc[c]c(OC(c2ccccc2)C(F)(F)F)c1C(=O)N1C[C@H](CF)[C@@H]1C. The third-order valence-corrected chi connectivity index (χ3v) is 6.01. The van der Waals surface area contributed by atoms with Gasteiger partial charge in [0.2, 0.25) is 6.10 Å². The first kappa shape index (κ1) is 23.7. The second kappa shape index (κ2) is 9.40. The van der Waals surface area contributed by atoms with E-state index in [-0.39, 0.29) is 34.9 Å². The molecular formula is C25H22F4N3O2. The number of carbonyl (C=O) groups is 1. The Bertz CT molecular complexity index is 1170. The molecular weight excluding hydrogens is 450 g/mol. The number of aryl methyl sites for hydroxylation is 1. The van der Waals surface area contributed by atoms with Crippen LogP contribution in [0.3, 0.4) is 0 Å². The minimum Gasteiger partial charge on any atom is -0.475 e. The van der Waals surface area contributed by atoms with Gasteiger partial charge in [-0.2, -0.15) is 13.2 Å². The summed E-state index contributed by atoms with van der Waals surface area (Å²) in [6.45, 7) is 2.96. The van der Waals surface area contributed by atoms with Crippen LogP contribution in [0, 0.1) is 18.9 Å². The van der Waals surface area contributed by atoms with E-state index in [1.165, 1.54) is 47.6 Å². The highest BCUT2D eigenvalue weighted by Gasteiger charge is 2.45. The summed E-state index contributed by atoms with van der Waals surface area (Å²) in [5.41, 5.74) is 0.873. The van der Waals surface area contributed by atoms with Crippen LogP contribution in [0.25, 0.3) is 11.3 Å². The number of hydrogen-bond acceptors (Lipinski definition) is 4. The zero-order valence-electron chi connectivity index (χ0n) is 18.5. The Morgan fingerprint density at radius 1 is 1.21 bits per heavy atom. The quantitative estimate of drug-likeness (QED) is 0.453. The second-order valence-corrected chi connectivity index (χ2v) is 8.15. The fourth-order valence-electron chi connectivity index (χ4n) is 4.00. The number of rotatable bonds is 6. The number of alkyl halides is 4. The summed E-state index contributed by atoms with van der Waals surface area (Å²) in [5, 5.41) is 0. The molecule has 177 valence electrons. The predicted octanol–water partition coefficient (Wildman–Crippen LogP) is 5.36. The normalized spacial score (nSPS) is 18.8. The molecule has 1 radical (unpaired) electrons. The molecule has 3 atom stereocenters. The average molecular weight is 472 g/mol. The van der Waals surface area contributed by atoms with Crippen LogP contribution in [0.1, 0.15) is 34.6 Å². The summed E-state index contributed by atoms with van der Waals surface area (Å²) in [5.74, 6) is -1.25. The molecule has 0 bridgehead atoms. The molecule has 4 rings (SSSR count). The highest BCUT2D eigenvalue weighted by Crippen LogP contribution is 2.41. The number of carbonyl (C=O) groups excluding carboxylic acids is 1. The molecule has 2 heterocycles. The van der Waals surface area contributed by atoms with Crippen molar-refractivity contribution >= 4 is 5.91 Å². The fraction of sp³-hybridized carbons (Fsp3) is 0.320. The third kappa shape index (κ3) is 4.47. The summed E-state index contributed by atoms with van der Waals surface area (Å²) in [7, 11) is 0. The molecule has 3 aromatic rings. The van der Waals surface area contributed by atoms with Gasteiger partial charge in [0.1, 0.15) is 5.75 Å². The lowest BCUT2D eigenvalue weighted by molar-refractivity contribution is -0.198. The number of amides is 1. The minimum absolute atomic E-state index is 0.111. The lowest BCUT2D eigenvalue weighted by Gasteiger charge is -2.45. The van der Waals surface area contributed by atoms with Crippen molar-refractivity contribution in [3.05, 3.63) is 77.7 Å². The first-order valence-corrected chi connectivity index (χ1v) is 10.7. The van der Waals surface area contributed by atoms with Gasteiger partial charge in [-0.25, -0.2) is 0 Å². The summed E-state index contributed by atoms with van der Waals surface area (Å²) in [6, 6.07) is 12.4. The summed E-state index contributed by atoms with van der Waals surface area (Å²) >= 11 is 0. The molecule has 1 fully saturated rings. The molecule has 5 nitrogen and oxygen atoms in total. The van der Waals surface area contributed by atoms with Crippen LogP contribution in [0.4, 0.5) is 17.6 Å². The molecule has 0 N–H and O–H groups in total. The van der Waals surface area contributed by atoms with Crippen LogP contribution < -0.4 is 4.74 Å². The number of halogens is 4. The maximum absolute atomic E-state index is 14.0. The number of nitrogens with zero attached hydrogens (tertiary/aromatic N) is 3. The first-order valence-electron chi connectivity index (χ1n) is 10.7. The molecule has 1 aliphatic heterocycles. The maximum Gasteiger partial charge on any atom is 0.429 e. The minimum atomic E-state index is -4.75. The van der Waals surface area contributed by atoms with E-state index in [4.69, 9.17) is 4.74 Å². The van der Waals surface area contributed by atoms with Crippen molar-refractivity contribution in [1.29, 1.82) is 0 Å². The van der Waals surface area contributed by atoms with E-state index >= 15 is 0 Å². The molecule has 0 spiro atoms. The van der Waals surface area contributed by atoms with E-state index in [0.29, 0.717) is 11.4 Å². The number of aromatic nitrogens is 2. The number of hydrogen-bond donors (Lipinski definition) is 0. The first-order chi connectivity index (χ1) is 16.2. The van der Waals surface area contributed by atoms with Gasteiger partial charge in [0.05, 0.1) is 23.6 Å². The highest BCUT2D eigenvalue weighted by molar-refractivity contribution is 6.03. The molecule has 1 unspecified atom stereocenters. The zero-order valence-corrected chi connectivity index (χ0v) is 18.5. The molecule has 9 heteroatoms. The Labute approximate surface area is 194 Å². The largest absolute Gasteiger partial charge is 0.475 e. The van der Waals surface area contributed by atoms with Gasteiger partial charge in [-0.05, 0) is 19.9 Å². The second-order valence-electron chi connectivity index (χ2n) is 8.15. The Morgan fingerprint density at radius 2 is 1.91 bits per heavy atom. The van der Waals surface area contributed by atoms with Crippen molar-refractivity contribution in [3.63, 3.8) is 0 Å². The van der Waals surface area contributed by atoms with Gasteiger partial charge in [0.25, 0.3) is 5.91 Å². The predicted molar refractivity (Wildman–Crippen MR) is 117 cm³/mol. The van der Waals surface area contributed by atoms with Crippen LogP contribution >= 0.6 is 0 Å². The molecule has 1 aromatic heterocycles. The molecule has 0 saturated carbocycles. The molecule has 1 aliphatic rings. The van der Waals surface area contributed by atoms with Gasteiger partial charge in [0.15, 0.2) is 0 Å². The van der Waals surface area contributed by atoms with E-state index in [0.717, 1.165) is 0 Å². The van der Waals surface area contributed by atoms with Crippen LogP contribution in [0.2, 0.25) is 0 Å². The molecule has 1 amide bonds. The van der Waals surface area contributed by atoms with Crippen molar-refractivity contribution < 1.29 is 27.1 Å². The Hall–Kier alpha value is -3.49. The molecule has 34 heavy (non-hydrogen) atoms. The van der Waals surface area contributed by atoms with Gasteiger partial charge in [-0.1, -0.05) is 36.4 Å². The number of benzene rings is 2. The number of likely N-dealkylation sites (tertiary alicyclic amines) is 1. The van der Waals surface area contributed by atoms with E-state index in [2.05, 4.69) is 16.0 Å². The van der Waals surface area contributed by atoms with E-state index in [1.54, 1.807) is 26.0 Å².